The highest BCUT2D eigenvalue weighted by Gasteiger charge is 2.31. The number of nitrogens with one attached hydrogen (secondary N) is 1. The van der Waals surface area contributed by atoms with Gasteiger partial charge < -0.3 is 4.74 Å². The van der Waals surface area contributed by atoms with Crippen molar-refractivity contribution in [2.45, 2.75) is 36.9 Å². The summed E-state index contributed by atoms with van der Waals surface area (Å²) in [6.07, 6.45) is -3.37. The maximum Gasteiger partial charge on any atom is 0.417 e. The van der Waals surface area contributed by atoms with Crippen molar-refractivity contribution in [3.05, 3.63) is 53.7 Å². The quantitative estimate of drug-likeness (QED) is 0.691. The smallest absolute Gasteiger partial charge is 0.417 e. The number of aromatic nitrogens is 1. The van der Waals surface area contributed by atoms with Crippen molar-refractivity contribution in [2.24, 2.45) is 0 Å². The van der Waals surface area contributed by atoms with Crippen molar-refractivity contribution in [1.29, 1.82) is 0 Å². The van der Waals surface area contributed by atoms with E-state index in [2.05, 4.69) is 14.4 Å². The molecule has 2 rings (SSSR count). The summed E-state index contributed by atoms with van der Waals surface area (Å²) in [7, 11) is -2.88. The molecule has 10 heteroatoms. The lowest BCUT2D eigenvalue weighted by Gasteiger charge is -2.16. The van der Waals surface area contributed by atoms with E-state index in [0.717, 1.165) is 11.6 Å². The van der Waals surface area contributed by atoms with Gasteiger partial charge in [-0.2, -0.15) is 21.6 Å². The van der Waals surface area contributed by atoms with Crippen LogP contribution < -0.4 is 4.72 Å². The lowest BCUT2D eigenvalue weighted by molar-refractivity contribution is -0.141. The molecule has 0 saturated heterocycles. The van der Waals surface area contributed by atoms with Crippen LogP contribution in [0, 0.1) is 0 Å². The number of hydrogen-bond acceptors (Lipinski definition) is 5. The molecule has 28 heavy (non-hydrogen) atoms. The molecule has 0 spiro atoms. The summed E-state index contributed by atoms with van der Waals surface area (Å²) in [6.45, 7) is 1.89. The molecule has 1 aromatic heterocycles. The third kappa shape index (κ3) is 5.44. The predicted molar refractivity (Wildman–Crippen MR) is 96.2 cm³/mol. The molecule has 0 aliphatic carbocycles. The van der Waals surface area contributed by atoms with Crippen molar-refractivity contribution < 1.29 is 31.1 Å². The van der Waals surface area contributed by atoms with Crippen LogP contribution in [-0.4, -0.2) is 26.5 Å². The Labute approximate surface area is 160 Å². The lowest BCUT2D eigenvalue weighted by atomic mass is 9.93. The Morgan fingerprint density at radius 2 is 1.96 bits per heavy atom. The number of methoxy groups -OCH3 is 1. The second-order valence-electron chi connectivity index (χ2n) is 6.00. The zero-order valence-electron chi connectivity index (χ0n) is 15.2. The third-order valence-electron chi connectivity index (χ3n) is 4.08. The molecule has 0 radical (unpaired) electrons. The summed E-state index contributed by atoms with van der Waals surface area (Å²) >= 11 is 0. The minimum atomic E-state index is -4.61. The molecule has 6 nitrogen and oxygen atoms in total. The highest BCUT2D eigenvalue weighted by molar-refractivity contribution is 7.92. The van der Waals surface area contributed by atoms with Crippen molar-refractivity contribution in [1.82, 2.24) is 4.98 Å². The zero-order chi connectivity index (χ0) is 20.9. The van der Waals surface area contributed by atoms with Gasteiger partial charge in [-0.3, -0.25) is 9.52 Å². The van der Waals surface area contributed by atoms with E-state index in [9.17, 15) is 26.4 Å². The molecule has 1 N–H and O–H groups in total. The topological polar surface area (TPSA) is 85.4 Å². The highest BCUT2D eigenvalue weighted by atomic mass is 32.2. The molecule has 0 saturated carbocycles. The van der Waals surface area contributed by atoms with E-state index in [4.69, 9.17) is 0 Å². The number of carbonyl (C=O) groups excluding carboxylic acids is 1. The van der Waals surface area contributed by atoms with Crippen LogP contribution in [-0.2, 0) is 25.7 Å². The van der Waals surface area contributed by atoms with Crippen molar-refractivity contribution in [3.63, 3.8) is 0 Å². The van der Waals surface area contributed by atoms with E-state index in [1.807, 2.05) is 6.92 Å². The fraction of sp³-hybridized carbons (Fsp3) is 0.333. The number of hydrogen-bond donors (Lipinski definition) is 1. The molecule has 0 bridgehead atoms. The van der Waals surface area contributed by atoms with Crippen LogP contribution in [0.5, 0.6) is 0 Å². The largest absolute Gasteiger partial charge is 0.469 e. The van der Waals surface area contributed by atoms with Gasteiger partial charge in [-0.25, -0.2) is 4.98 Å². The maximum atomic E-state index is 12.6. The standard InChI is InChI=1S/C18H19F3N2O4S/c1-3-12(10-17(24)27-2)13-5-4-6-15(9-13)23-28(25,26)16-8-7-14(11-22-16)18(19,20)21/h4-9,11-12,23H,3,10H2,1-2H3. The molecular formula is C18H19F3N2O4S. The number of carbonyl (C=O) groups is 1. The number of alkyl halides is 3. The lowest BCUT2D eigenvalue weighted by Crippen LogP contribution is -2.16. The van der Waals surface area contributed by atoms with Gasteiger partial charge in [0.25, 0.3) is 10.0 Å². The van der Waals surface area contributed by atoms with Crippen molar-refractivity contribution in [3.8, 4) is 0 Å². The average Bonchev–Trinajstić information content (AvgIpc) is 2.65. The second-order valence-corrected chi connectivity index (χ2v) is 7.63. The molecule has 0 fully saturated rings. The normalized spacial score (nSPS) is 13.0. The van der Waals surface area contributed by atoms with Gasteiger partial charge in [0.2, 0.25) is 0 Å². The molecule has 1 atom stereocenters. The Bertz CT molecular complexity index is 929. The second kappa shape index (κ2) is 8.59. The minimum absolute atomic E-state index is 0.143. The number of rotatable bonds is 7. The number of sulfonamides is 1. The maximum absolute atomic E-state index is 12.6. The van der Waals surface area contributed by atoms with Gasteiger partial charge in [-0.1, -0.05) is 19.1 Å². The summed E-state index contributed by atoms with van der Waals surface area (Å²) < 4.78 is 69.6. The van der Waals surface area contributed by atoms with E-state index < -0.39 is 26.8 Å². The fourth-order valence-corrected chi connectivity index (χ4v) is 3.53. The van der Waals surface area contributed by atoms with E-state index in [1.165, 1.54) is 13.2 Å². The molecular weight excluding hydrogens is 397 g/mol. The molecule has 0 aliphatic heterocycles. The van der Waals surface area contributed by atoms with Crippen molar-refractivity contribution >= 4 is 21.7 Å². The molecule has 0 aliphatic rings. The van der Waals surface area contributed by atoms with Crippen LogP contribution in [0.3, 0.4) is 0 Å². The van der Waals surface area contributed by atoms with Gasteiger partial charge in [0.15, 0.2) is 5.03 Å². The summed E-state index contributed by atoms with van der Waals surface area (Å²) in [5.74, 6) is -0.548. The van der Waals surface area contributed by atoms with Gasteiger partial charge >= 0.3 is 12.1 Å². The van der Waals surface area contributed by atoms with Gasteiger partial charge in [0.1, 0.15) is 0 Å². The first kappa shape index (κ1) is 21.7. The Kier molecular flexibility index (Phi) is 6.65. The summed E-state index contributed by atoms with van der Waals surface area (Å²) in [5.41, 5.74) is -0.0990. The molecule has 2 aromatic rings. The zero-order valence-corrected chi connectivity index (χ0v) is 16.0. The van der Waals surface area contributed by atoms with E-state index >= 15 is 0 Å². The number of ether oxygens (including phenoxy) is 1. The number of nitrogens with zero attached hydrogens (tertiary/aromatic N) is 1. The van der Waals surface area contributed by atoms with Crippen LogP contribution >= 0.6 is 0 Å². The average molecular weight is 416 g/mol. The van der Waals surface area contributed by atoms with E-state index in [-0.39, 0.29) is 24.0 Å². The van der Waals surface area contributed by atoms with Gasteiger partial charge in [-0.15, -0.1) is 0 Å². The summed E-state index contributed by atoms with van der Waals surface area (Å²) in [4.78, 5) is 14.9. The van der Waals surface area contributed by atoms with Crippen molar-refractivity contribution in [2.75, 3.05) is 11.8 Å². The number of anilines is 1. The van der Waals surface area contributed by atoms with Gasteiger partial charge in [0, 0.05) is 11.9 Å². The van der Waals surface area contributed by atoms with E-state index in [1.54, 1.807) is 18.2 Å². The SMILES string of the molecule is CCC(CC(=O)OC)c1cccc(NS(=O)(=O)c2ccc(C(F)(F)F)cn2)c1. The Morgan fingerprint density at radius 1 is 1.25 bits per heavy atom. The first-order valence-corrected chi connectivity index (χ1v) is 9.78. The molecule has 1 heterocycles. The van der Waals surface area contributed by atoms with Gasteiger partial charge in [0.05, 0.1) is 19.1 Å². The fourth-order valence-electron chi connectivity index (χ4n) is 2.55. The first-order chi connectivity index (χ1) is 13.1. The first-order valence-electron chi connectivity index (χ1n) is 8.29. The van der Waals surface area contributed by atoms with Gasteiger partial charge in [-0.05, 0) is 42.2 Å². The molecule has 152 valence electrons. The number of halogens is 3. The molecule has 1 aromatic carbocycles. The molecule has 1 unspecified atom stereocenters. The number of benzene rings is 1. The van der Waals surface area contributed by atoms with Crippen LogP contribution in [0.4, 0.5) is 18.9 Å². The Morgan fingerprint density at radius 3 is 2.50 bits per heavy atom. The van der Waals surface area contributed by atoms with Crippen LogP contribution in [0.1, 0.15) is 36.8 Å². The predicted octanol–water partition coefficient (Wildman–Crippen LogP) is 3.96. The highest BCUT2D eigenvalue weighted by Crippen LogP contribution is 2.29. The molecule has 0 amide bonds. The Hall–Kier alpha value is -2.62. The van der Waals surface area contributed by atoms with Crippen LogP contribution in [0.2, 0.25) is 0 Å². The summed E-state index contributed by atoms with van der Waals surface area (Å²) in [5, 5.41) is -0.535. The number of pyridine rings is 1. The van der Waals surface area contributed by atoms with E-state index in [0.29, 0.717) is 18.7 Å². The van der Waals surface area contributed by atoms with Crippen LogP contribution in [0.15, 0.2) is 47.6 Å². The van der Waals surface area contributed by atoms with Crippen LogP contribution in [0.25, 0.3) is 0 Å². The summed E-state index contributed by atoms with van der Waals surface area (Å²) in [6, 6.07) is 7.88. The Balaban J connectivity index is 2.23. The number of esters is 1. The monoisotopic (exact) mass is 416 g/mol. The minimum Gasteiger partial charge on any atom is -0.469 e. The third-order valence-corrected chi connectivity index (χ3v) is 5.38.